The number of halogens is 1. The molecule has 28 heavy (non-hydrogen) atoms. The zero-order chi connectivity index (χ0) is 19.7. The van der Waals surface area contributed by atoms with Crippen LogP contribution in [0.15, 0.2) is 27.3 Å². The van der Waals surface area contributed by atoms with E-state index in [1.807, 2.05) is 11.8 Å². The molecule has 0 aromatic carbocycles. The monoisotopic (exact) mass is 448 g/mol. The summed E-state index contributed by atoms with van der Waals surface area (Å²) in [6.07, 6.45) is 0. The molecule has 4 heterocycles. The fraction of sp³-hybridized carbons (Fsp3) is 0.526. The molecule has 4 rings (SSSR count). The van der Waals surface area contributed by atoms with Gasteiger partial charge >= 0.3 is 0 Å². The lowest BCUT2D eigenvalue weighted by molar-refractivity contribution is 0.0712. The highest BCUT2D eigenvalue weighted by molar-refractivity contribution is 9.10. The maximum atomic E-state index is 12.5. The Morgan fingerprint density at radius 2 is 1.68 bits per heavy atom. The minimum atomic E-state index is -0.0753. The van der Waals surface area contributed by atoms with Gasteiger partial charge in [-0.25, -0.2) is 4.98 Å². The molecule has 2 aliphatic heterocycles. The summed E-state index contributed by atoms with van der Waals surface area (Å²) < 4.78 is 5.96. The van der Waals surface area contributed by atoms with Crippen LogP contribution in [-0.4, -0.2) is 85.1 Å². The molecular formula is C19H25BrN6O2. The van der Waals surface area contributed by atoms with Crippen molar-refractivity contribution in [1.82, 2.24) is 19.8 Å². The maximum absolute atomic E-state index is 12.5. The number of carbonyl (C=O) groups excluding carboxylic acids is 1. The smallest absolute Gasteiger partial charge is 0.289 e. The van der Waals surface area contributed by atoms with E-state index in [0.29, 0.717) is 36.6 Å². The molecule has 0 unspecified atom stereocenters. The molecule has 2 aromatic rings. The van der Waals surface area contributed by atoms with Crippen LogP contribution in [0.4, 0.5) is 11.8 Å². The quantitative estimate of drug-likeness (QED) is 0.709. The number of likely N-dealkylation sites (N-methyl/N-ethyl adjacent to an activating group) is 1. The molecule has 0 bridgehead atoms. The number of aryl methyl sites for hydroxylation is 1. The van der Waals surface area contributed by atoms with Crippen LogP contribution in [0.1, 0.15) is 16.2 Å². The second kappa shape index (κ2) is 8.08. The SMILES string of the molecule is Cc1cc(N2CCN(C)CC2)nc(N2CCN(C(=O)c3ccc(Br)o3)CC2)n1. The van der Waals surface area contributed by atoms with Crippen molar-refractivity contribution in [2.75, 3.05) is 69.2 Å². The number of rotatable bonds is 3. The minimum Gasteiger partial charge on any atom is -0.444 e. The van der Waals surface area contributed by atoms with Crippen molar-refractivity contribution in [2.24, 2.45) is 0 Å². The summed E-state index contributed by atoms with van der Waals surface area (Å²) in [5.41, 5.74) is 0.970. The number of amides is 1. The van der Waals surface area contributed by atoms with Crippen molar-refractivity contribution >= 4 is 33.6 Å². The summed E-state index contributed by atoms with van der Waals surface area (Å²) in [4.78, 5) is 30.7. The Morgan fingerprint density at radius 3 is 2.32 bits per heavy atom. The van der Waals surface area contributed by atoms with Crippen molar-refractivity contribution in [3.8, 4) is 0 Å². The van der Waals surface area contributed by atoms with E-state index in [0.717, 1.165) is 43.6 Å². The molecular weight excluding hydrogens is 424 g/mol. The van der Waals surface area contributed by atoms with E-state index >= 15 is 0 Å². The van der Waals surface area contributed by atoms with Gasteiger partial charge in [-0.3, -0.25) is 4.79 Å². The fourth-order valence-corrected chi connectivity index (χ4v) is 3.88. The molecule has 0 N–H and O–H groups in total. The van der Waals surface area contributed by atoms with Gasteiger partial charge < -0.3 is 24.0 Å². The standard InChI is InChI=1S/C19H25BrN6O2/c1-14-13-17(24-7-5-23(2)6-8-24)22-19(21-14)26-11-9-25(10-12-26)18(27)15-3-4-16(20)28-15/h3-4,13H,5-12H2,1-2H3. The van der Waals surface area contributed by atoms with Gasteiger partial charge in [0.15, 0.2) is 10.4 Å². The first-order valence-corrected chi connectivity index (χ1v) is 10.4. The number of piperazine rings is 2. The van der Waals surface area contributed by atoms with Gasteiger partial charge in [-0.15, -0.1) is 0 Å². The van der Waals surface area contributed by atoms with Gasteiger partial charge in [0, 0.05) is 64.1 Å². The van der Waals surface area contributed by atoms with Crippen molar-refractivity contribution < 1.29 is 9.21 Å². The molecule has 0 saturated carbocycles. The highest BCUT2D eigenvalue weighted by atomic mass is 79.9. The number of nitrogens with zero attached hydrogens (tertiary/aromatic N) is 6. The molecule has 0 spiro atoms. The molecule has 2 fully saturated rings. The predicted octanol–water partition coefficient (Wildman–Crippen LogP) is 1.85. The zero-order valence-corrected chi connectivity index (χ0v) is 17.9. The molecule has 2 aromatic heterocycles. The third-order valence-corrected chi connectivity index (χ3v) is 5.72. The average molecular weight is 449 g/mol. The third kappa shape index (κ3) is 4.15. The summed E-state index contributed by atoms with van der Waals surface area (Å²) in [6.45, 7) is 8.72. The first-order chi connectivity index (χ1) is 13.5. The van der Waals surface area contributed by atoms with Crippen LogP contribution in [0.25, 0.3) is 0 Å². The van der Waals surface area contributed by atoms with Crippen LogP contribution in [-0.2, 0) is 0 Å². The summed E-state index contributed by atoms with van der Waals surface area (Å²) in [5.74, 6) is 2.04. The maximum Gasteiger partial charge on any atom is 0.289 e. The molecule has 2 saturated heterocycles. The van der Waals surface area contributed by atoms with E-state index in [1.54, 1.807) is 12.1 Å². The Morgan fingerprint density at radius 1 is 1.00 bits per heavy atom. The van der Waals surface area contributed by atoms with Gasteiger partial charge in [0.05, 0.1) is 0 Å². The van der Waals surface area contributed by atoms with Crippen molar-refractivity contribution in [1.29, 1.82) is 0 Å². The highest BCUT2D eigenvalue weighted by Gasteiger charge is 2.26. The third-order valence-electron chi connectivity index (χ3n) is 5.29. The average Bonchev–Trinajstić information content (AvgIpc) is 3.14. The van der Waals surface area contributed by atoms with Crippen LogP contribution >= 0.6 is 15.9 Å². The van der Waals surface area contributed by atoms with Crippen LogP contribution in [0.2, 0.25) is 0 Å². The normalized spacial score (nSPS) is 18.6. The second-order valence-electron chi connectivity index (χ2n) is 7.34. The lowest BCUT2D eigenvalue weighted by Crippen LogP contribution is -2.49. The number of anilines is 2. The highest BCUT2D eigenvalue weighted by Crippen LogP contribution is 2.21. The molecule has 8 nitrogen and oxygen atoms in total. The molecule has 1 amide bonds. The number of hydrogen-bond donors (Lipinski definition) is 0. The van der Waals surface area contributed by atoms with Crippen LogP contribution in [0.5, 0.6) is 0 Å². The largest absolute Gasteiger partial charge is 0.444 e. The van der Waals surface area contributed by atoms with E-state index < -0.39 is 0 Å². The van der Waals surface area contributed by atoms with Crippen molar-refractivity contribution in [3.63, 3.8) is 0 Å². The topological polar surface area (TPSA) is 69.0 Å². The summed E-state index contributed by atoms with van der Waals surface area (Å²) in [6, 6.07) is 5.50. The van der Waals surface area contributed by atoms with Gasteiger partial charge in [0.1, 0.15) is 5.82 Å². The Bertz CT molecular complexity index is 841. The lowest BCUT2D eigenvalue weighted by atomic mass is 10.3. The predicted molar refractivity (Wildman–Crippen MR) is 111 cm³/mol. The van der Waals surface area contributed by atoms with Crippen LogP contribution in [0.3, 0.4) is 0 Å². The first kappa shape index (κ1) is 19.2. The van der Waals surface area contributed by atoms with Crippen LogP contribution < -0.4 is 9.80 Å². The van der Waals surface area contributed by atoms with E-state index in [4.69, 9.17) is 9.40 Å². The fourth-order valence-electron chi connectivity index (χ4n) is 3.57. The molecule has 150 valence electrons. The Balaban J connectivity index is 1.42. The molecule has 9 heteroatoms. The van der Waals surface area contributed by atoms with Gasteiger partial charge in [-0.2, -0.15) is 4.98 Å². The Hall–Kier alpha value is -2.13. The molecule has 2 aliphatic rings. The van der Waals surface area contributed by atoms with Crippen molar-refractivity contribution in [2.45, 2.75) is 6.92 Å². The molecule has 0 atom stereocenters. The Kier molecular flexibility index (Phi) is 5.54. The van der Waals surface area contributed by atoms with Gasteiger partial charge in [0.2, 0.25) is 5.95 Å². The minimum absolute atomic E-state index is 0.0753. The van der Waals surface area contributed by atoms with Gasteiger partial charge in [-0.1, -0.05) is 0 Å². The van der Waals surface area contributed by atoms with E-state index in [9.17, 15) is 4.79 Å². The van der Waals surface area contributed by atoms with Crippen LogP contribution in [0, 0.1) is 6.92 Å². The summed E-state index contributed by atoms with van der Waals surface area (Å²) >= 11 is 3.25. The zero-order valence-electron chi connectivity index (χ0n) is 16.3. The van der Waals surface area contributed by atoms with E-state index in [-0.39, 0.29) is 5.91 Å². The van der Waals surface area contributed by atoms with Crippen molar-refractivity contribution in [3.05, 3.63) is 34.3 Å². The first-order valence-electron chi connectivity index (χ1n) is 9.58. The van der Waals surface area contributed by atoms with Gasteiger partial charge in [-0.05, 0) is 42.0 Å². The lowest BCUT2D eigenvalue weighted by Gasteiger charge is -2.36. The Labute approximate surface area is 173 Å². The number of aromatic nitrogens is 2. The number of carbonyl (C=O) groups is 1. The summed E-state index contributed by atoms with van der Waals surface area (Å²) in [7, 11) is 2.15. The van der Waals surface area contributed by atoms with Gasteiger partial charge in [0.25, 0.3) is 5.91 Å². The van der Waals surface area contributed by atoms with E-state index in [2.05, 4.69) is 48.7 Å². The molecule has 0 radical (unpaired) electrons. The number of hydrogen-bond acceptors (Lipinski definition) is 7. The van der Waals surface area contributed by atoms with E-state index in [1.165, 1.54) is 0 Å². The number of furan rings is 1. The second-order valence-corrected chi connectivity index (χ2v) is 8.12. The molecule has 0 aliphatic carbocycles. The summed E-state index contributed by atoms with van der Waals surface area (Å²) in [5, 5.41) is 0.